The lowest BCUT2D eigenvalue weighted by molar-refractivity contribution is -0.228. The van der Waals surface area contributed by atoms with Crippen molar-refractivity contribution < 1.29 is 38.5 Å². The number of piperidine rings is 1. The Morgan fingerprint density at radius 1 is 1.07 bits per heavy atom. The summed E-state index contributed by atoms with van der Waals surface area (Å²) in [6.45, 7) is 13.0. The van der Waals surface area contributed by atoms with Gasteiger partial charge in [-0.2, -0.15) is 0 Å². The van der Waals surface area contributed by atoms with Crippen LogP contribution in [-0.4, -0.2) is 113 Å². The van der Waals surface area contributed by atoms with E-state index in [9.17, 15) is 24.6 Å². The van der Waals surface area contributed by atoms with Crippen molar-refractivity contribution in [3.63, 3.8) is 0 Å². The Hall–Kier alpha value is -4.10. The number of carbonyl (C=O) groups is 3. The Morgan fingerprint density at radius 2 is 1.86 bits per heavy atom. The average molecular weight is 783 g/mol. The number of aromatic nitrogens is 1. The fraction of sp³-hybridized carbons (Fsp3) is 0.578. The minimum Gasteiger partial charge on any atom is -0.467 e. The van der Waals surface area contributed by atoms with Gasteiger partial charge in [0.1, 0.15) is 5.82 Å². The minimum absolute atomic E-state index is 0.134. The highest BCUT2D eigenvalue weighted by Gasteiger charge is 2.80. The maximum absolute atomic E-state index is 15.0. The third kappa shape index (κ3) is 5.05. The van der Waals surface area contributed by atoms with E-state index in [1.807, 2.05) is 45.1 Å². The van der Waals surface area contributed by atoms with Crippen LogP contribution >= 0.6 is 0 Å². The number of rotatable bonds is 6. The predicted molar refractivity (Wildman–Crippen MR) is 212 cm³/mol. The van der Waals surface area contributed by atoms with Crippen LogP contribution in [0.2, 0.25) is 0 Å². The van der Waals surface area contributed by atoms with Crippen LogP contribution in [0.5, 0.6) is 0 Å². The van der Waals surface area contributed by atoms with Crippen LogP contribution in [0.3, 0.4) is 0 Å². The molecule has 2 saturated heterocycles. The molecule has 57 heavy (non-hydrogen) atoms. The minimum atomic E-state index is -2.43. The van der Waals surface area contributed by atoms with Gasteiger partial charge in [0.05, 0.1) is 18.8 Å². The summed E-state index contributed by atoms with van der Waals surface area (Å²) in [6, 6.07) is 7.69. The molecule has 3 fully saturated rings. The van der Waals surface area contributed by atoms with Gasteiger partial charge in [-0.1, -0.05) is 32.1 Å². The van der Waals surface area contributed by atoms with Gasteiger partial charge in [0.15, 0.2) is 6.10 Å². The number of nitrogens with one attached hydrogen (secondary N) is 1. The molecule has 2 bridgehead atoms. The number of amides is 1. The van der Waals surface area contributed by atoms with Gasteiger partial charge in [-0.25, -0.2) is 9.18 Å². The zero-order chi connectivity index (χ0) is 40.4. The average Bonchev–Trinajstić information content (AvgIpc) is 3.85. The van der Waals surface area contributed by atoms with Gasteiger partial charge in [0.2, 0.25) is 12.0 Å². The van der Waals surface area contributed by atoms with E-state index < -0.39 is 51.5 Å². The first-order valence-corrected chi connectivity index (χ1v) is 20.7. The summed E-state index contributed by atoms with van der Waals surface area (Å²) in [4.78, 5) is 50.8. The number of carbonyl (C=O) groups excluding carboxylic acids is 3. The molecular formula is C45H55FN4O7. The smallest absolute Gasteiger partial charge is 0.344 e. The number of methoxy groups -OCH3 is 1. The highest BCUT2D eigenvalue weighted by Crippen LogP contribution is 2.68. The summed E-state index contributed by atoms with van der Waals surface area (Å²) in [5, 5.41) is 25.9. The molecule has 3 N–H and O–H groups in total. The first-order valence-electron chi connectivity index (χ1n) is 20.7. The van der Waals surface area contributed by atoms with Crippen molar-refractivity contribution in [2.45, 2.75) is 113 Å². The number of hydrogen-bond donors (Lipinski definition) is 3. The van der Waals surface area contributed by atoms with E-state index in [1.54, 1.807) is 6.07 Å². The Morgan fingerprint density at radius 3 is 2.56 bits per heavy atom. The molecule has 1 amide bonds. The van der Waals surface area contributed by atoms with Crippen molar-refractivity contribution in [3.8, 4) is 0 Å². The second kappa shape index (κ2) is 12.9. The number of H-pyrrole nitrogens is 1. The number of hydrogen-bond acceptors (Lipinski definition) is 9. The second-order valence-electron chi connectivity index (χ2n) is 18.3. The van der Waals surface area contributed by atoms with Crippen molar-refractivity contribution in [1.29, 1.82) is 0 Å². The van der Waals surface area contributed by atoms with Crippen LogP contribution in [0.1, 0.15) is 87.7 Å². The quantitative estimate of drug-likeness (QED) is 0.183. The van der Waals surface area contributed by atoms with Crippen molar-refractivity contribution in [1.82, 2.24) is 14.8 Å². The largest absolute Gasteiger partial charge is 0.467 e. The molecule has 3 aromatic rings. The summed E-state index contributed by atoms with van der Waals surface area (Å²) in [5.41, 5.74) is 0.466. The molecule has 6 aliphatic rings. The van der Waals surface area contributed by atoms with E-state index >= 15 is 4.39 Å². The Bertz CT molecular complexity index is 2220. The number of aromatic amines is 1. The zero-order valence-corrected chi connectivity index (χ0v) is 33.9. The summed E-state index contributed by atoms with van der Waals surface area (Å²) >= 11 is 0. The van der Waals surface area contributed by atoms with Gasteiger partial charge in [-0.3, -0.25) is 19.4 Å². The van der Waals surface area contributed by atoms with Crippen LogP contribution in [0.25, 0.3) is 10.9 Å². The number of nitrogens with zero attached hydrogens (tertiary/aromatic N) is 3. The number of aliphatic hydroxyl groups is 2. The fourth-order valence-electron chi connectivity index (χ4n) is 13.4. The van der Waals surface area contributed by atoms with E-state index in [4.69, 9.17) is 9.47 Å². The molecule has 0 radical (unpaired) electrons. The molecule has 1 saturated carbocycles. The third-order valence-electron chi connectivity index (χ3n) is 15.4. The predicted octanol–water partition coefficient (Wildman–Crippen LogP) is 4.80. The van der Waals surface area contributed by atoms with Gasteiger partial charge < -0.3 is 29.6 Å². The molecule has 1 aromatic heterocycles. The monoisotopic (exact) mass is 782 g/mol. The first kappa shape index (κ1) is 38.4. The van der Waals surface area contributed by atoms with Gasteiger partial charge in [-0.05, 0) is 111 Å². The molecule has 304 valence electrons. The molecule has 2 aromatic carbocycles. The number of halogens is 1. The molecular weight excluding hydrogens is 728 g/mol. The van der Waals surface area contributed by atoms with Crippen molar-refractivity contribution >= 4 is 34.9 Å². The lowest BCUT2D eigenvalue weighted by Crippen LogP contribution is -2.81. The van der Waals surface area contributed by atoms with Gasteiger partial charge in [0, 0.05) is 77.7 Å². The maximum atomic E-state index is 15.0. The molecule has 5 aliphatic heterocycles. The van der Waals surface area contributed by atoms with Gasteiger partial charge in [-0.15, -0.1) is 0 Å². The molecule has 10 atom stereocenters. The van der Waals surface area contributed by atoms with Crippen LogP contribution in [-0.2, 0) is 41.1 Å². The standard InChI is InChI=1S/C45H55FN4O7/c1-7-42(54)22-28-21-41(5,36-30(12-16-48(23-28)24-42)31-19-29(46)10-11-34(31)47-36)32-20-33-35(18-26(32)3)50(25-51)38-44(33)14-17-49-15-9-13-43(8-2,37(44)49)39(57-27(4)52)45(38,55)40(53)56-6/h9-11,13,18-20,25,28,37-39,47,54-55H,7-8,12,14-17,21-24H2,1-6H3/t28-,37+,38?,39-,41-,42+,43-,44-,45+/m1/s1. The van der Waals surface area contributed by atoms with E-state index in [0.29, 0.717) is 70.3 Å². The third-order valence-corrected chi connectivity index (χ3v) is 15.4. The van der Waals surface area contributed by atoms with Crippen LogP contribution in [0, 0.1) is 24.1 Å². The maximum Gasteiger partial charge on any atom is 0.344 e. The van der Waals surface area contributed by atoms with E-state index in [2.05, 4.69) is 27.8 Å². The molecule has 2 unspecified atom stereocenters. The van der Waals surface area contributed by atoms with E-state index in [-0.39, 0.29) is 17.8 Å². The molecule has 6 heterocycles. The highest BCUT2D eigenvalue weighted by atomic mass is 19.1. The topological polar surface area (TPSA) is 136 Å². The van der Waals surface area contributed by atoms with E-state index in [0.717, 1.165) is 51.9 Å². The first-order chi connectivity index (χ1) is 27.1. The molecule has 9 rings (SSSR count). The number of esters is 2. The second-order valence-corrected chi connectivity index (χ2v) is 18.3. The van der Waals surface area contributed by atoms with Crippen LogP contribution in [0.4, 0.5) is 10.1 Å². The number of aryl methyl sites for hydroxylation is 1. The van der Waals surface area contributed by atoms with Crippen molar-refractivity contribution in [2.24, 2.45) is 11.3 Å². The molecule has 12 heteroatoms. The molecule has 1 aliphatic carbocycles. The Balaban J connectivity index is 1.32. The summed E-state index contributed by atoms with van der Waals surface area (Å²) in [6.07, 6.45) is 7.05. The number of anilines is 1. The van der Waals surface area contributed by atoms with Gasteiger partial charge in [0.25, 0.3) is 0 Å². The van der Waals surface area contributed by atoms with Gasteiger partial charge >= 0.3 is 11.9 Å². The van der Waals surface area contributed by atoms with E-state index in [1.165, 1.54) is 25.0 Å². The number of benzene rings is 2. The fourth-order valence-corrected chi connectivity index (χ4v) is 13.4. The summed E-state index contributed by atoms with van der Waals surface area (Å²) in [5.74, 6) is -1.76. The van der Waals surface area contributed by atoms with Crippen molar-refractivity contribution in [2.75, 3.05) is 44.7 Å². The highest BCUT2D eigenvalue weighted by molar-refractivity contribution is 5.93. The Kier molecular flexibility index (Phi) is 8.73. The van der Waals surface area contributed by atoms with Crippen LogP contribution < -0.4 is 4.90 Å². The SMILES string of the molecule is CC[C@]1(O)C[C@@H]2CN(CCc3c([nH]c4ccc(F)cc34)[C@@](C)(c3cc4c(cc3C)N(C=O)C3[C@]45CCN4CC=C[C@@](CC)([C@@H](OC(C)=O)[C@]3(O)C(=O)OC)[C@H]45)C2)C1. The van der Waals surface area contributed by atoms with Crippen LogP contribution in [0.15, 0.2) is 42.5 Å². The number of fused-ring (bicyclic) bond motifs is 6. The summed E-state index contributed by atoms with van der Waals surface area (Å²) < 4.78 is 26.5. The lowest BCUT2D eigenvalue weighted by Gasteiger charge is -2.63. The lowest BCUT2D eigenvalue weighted by atomic mass is 9.47. The molecule has 1 spiro atoms. The zero-order valence-electron chi connectivity index (χ0n) is 33.9. The number of ether oxygens (including phenoxy) is 2. The summed E-state index contributed by atoms with van der Waals surface area (Å²) in [7, 11) is 1.21. The Labute approximate surface area is 333 Å². The van der Waals surface area contributed by atoms with Crippen molar-refractivity contribution in [3.05, 3.63) is 76.2 Å². The normalized spacial score (nSPS) is 38.0. The molecule has 11 nitrogen and oxygen atoms in total.